The molecule has 0 saturated heterocycles. The van der Waals surface area contributed by atoms with Crippen LogP contribution >= 0.6 is 56.7 Å². The van der Waals surface area contributed by atoms with Crippen LogP contribution in [0, 0.1) is 51.3 Å². The van der Waals surface area contributed by atoms with Crippen LogP contribution in [0.3, 0.4) is 0 Å². The maximum atomic E-state index is 15.6. The molecule has 2 unspecified atom stereocenters. The summed E-state index contributed by atoms with van der Waals surface area (Å²) in [5, 5.41) is 19.0. The largest absolute Gasteiger partial charge is 0.422 e. The van der Waals surface area contributed by atoms with Gasteiger partial charge in [0.15, 0.2) is 58.2 Å². The van der Waals surface area contributed by atoms with E-state index in [2.05, 4.69) is 0 Å². The van der Waals surface area contributed by atoms with Crippen molar-refractivity contribution in [3.63, 3.8) is 0 Å². The molecule has 0 amide bonds. The van der Waals surface area contributed by atoms with Gasteiger partial charge in [-0.25, -0.2) is 43.9 Å². The molecular formula is C41H14F16N2S5. The number of nitrogens with zero attached hydrogens (tertiary/aromatic N) is 2. The van der Waals surface area contributed by atoms with Crippen LogP contribution in [0.15, 0.2) is 89.3 Å². The highest BCUT2D eigenvalue weighted by Crippen LogP contribution is 2.57. The Morgan fingerprint density at radius 1 is 0.547 bits per heavy atom. The average Bonchev–Trinajstić information content (AvgIpc) is 4.09. The molecule has 1 aromatic carbocycles. The SMILES string of the molecule is CC1(C(F)(F)F)C(F)=C(F)C(/C(C#N)=C(\F)c2ccc(-c3ccc(-c4ccc(-c5ccc(-c6ccc(/C(F)=C(\C#N)c7c(F)c(F)c(C(F)(F)F)c(F)c7F)s6)s5)s4)s3)s2)=C(F)C1F. The average molecular weight is 999 g/mol. The molecule has 0 aliphatic heterocycles. The molecule has 1 aliphatic rings. The van der Waals surface area contributed by atoms with Crippen LogP contribution in [0.4, 0.5) is 70.2 Å². The quantitative estimate of drug-likeness (QED) is 0.0867. The molecular weight excluding hydrogens is 985 g/mol. The molecule has 5 aromatic heterocycles. The number of rotatable bonds is 8. The van der Waals surface area contributed by atoms with Crippen LogP contribution < -0.4 is 0 Å². The topological polar surface area (TPSA) is 47.6 Å². The number of nitriles is 2. The van der Waals surface area contributed by atoms with Crippen LogP contribution in [0.1, 0.15) is 27.8 Å². The van der Waals surface area contributed by atoms with E-state index in [9.17, 15) is 72.0 Å². The maximum absolute atomic E-state index is 15.6. The fraction of sp³-hybridized carbons (Fsp3) is 0.122. The van der Waals surface area contributed by atoms with Gasteiger partial charge in [0, 0.05) is 39.0 Å². The highest BCUT2D eigenvalue weighted by molar-refractivity contribution is 7.29. The molecule has 1 aliphatic carbocycles. The Morgan fingerprint density at radius 3 is 1.23 bits per heavy atom. The summed E-state index contributed by atoms with van der Waals surface area (Å²) in [5.74, 6) is -22.1. The third kappa shape index (κ3) is 7.70. The second-order valence-electron chi connectivity index (χ2n) is 13.3. The fourth-order valence-electron chi connectivity index (χ4n) is 6.19. The van der Waals surface area contributed by atoms with Gasteiger partial charge in [0.1, 0.15) is 34.7 Å². The number of hydrogen-bond donors (Lipinski definition) is 0. The molecule has 6 aromatic rings. The van der Waals surface area contributed by atoms with Crippen molar-refractivity contribution in [1.82, 2.24) is 0 Å². The number of alkyl halides is 7. The van der Waals surface area contributed by atoms with E-state index in [0.717, 1.165) is 34.0 Å². The van der Waals surface area contributed by atoms with Gasteiger partial charge < -0.3 is 0 Å². The number of allylic oxidation sites excluding steroid dienone is 6. The first-order valence-corrected chi connectivity index (χ1v) is 21.3. The zero-order valence-electron chi connectivity index (χ0n) is 30.8. The fourth-order valence-corrected chi connectivity index (χ4v) is 11.5. The Kier molecular flexibility index (Phi) is 12.2. The van der Waals surface area contributed by atoms with E-state index in [1.807, 2.05) is 0 Å². The van der Waals surface area contributed by atoms with Gasteiger partial charge in [0.05, 0.1) is 20.9 Å². The summed E-state index contributed by atoms with van der Waals surface area (Å²) in [7, 11) is 0. The van der Waals surface area contributed by atoms with Crippen molar-refractivity contribution in [2.45, 2.75) is 25.4 Å². The Morgan fingerprint density at radius 2 is 0.891 bits per heavy atom. The van der Waals surface area contributed by atoms with E-state index >= 15 is 8.78 Å². The minimum atomic E-state index is -5.85. The first-order valence-electron chi connectivity index (χ1n) is 17.2. The van der Waals surface area contributed by atoms with Gasteiger partial charge in [-0.1, -0.05) is 0 Å². The third-order valence-electron chi connectivity index (χ3n) is 9.57. The van der Waals surface area contributed by atoms with Crippen LogP contribution in [0.2, 0.25) is 0 Å². The first-order chi connectivity index (χ1) is 30.0. The lowest BCUT2D eigenvalue weighted by Gasteiger charge is -2.36. The second kappa shape index (κ2) is 16.8. The normalized spacial score (nSPS) is 18.0. The molecule has 2 nitrogen and oxygen atoms in total. The van der Waals surface area contributed by atoms with Crippen molar-refractivity contribution >= 4 is 73.9 Å². The van der Waals surface area contributed by atoms with Crippen molar-refractivity contribution < 1.29 is 70.2 Å². The molecule has 64 heavy (non-hydrogen) atoms. The predicted molar refractivity (Wildman–Crippen MR) is 212 cm³/mol. The summed E-state index contributed by atoms with van der Waals surface area (Å²) in [5.41, 5.74) is -14.2. The van der Waals surface area contributed by atoms with Crippen molar-refractivity contribution in [2.75, 3.05) is 0 Å². The molecule has 2 atom stereocenters. The monoisotopic (exact) mass is 998 g/mol. The summed E-state index contributed by atoms with van der Waals surface area (Å²) in [6.45, 7) is -0.108. The third-order valence-corrected chi connectivity index (χ3v) is 15.8. The Labute approximate surface area is 368 Å². The highest BCUT2D eigenvalue weighted by atomic mass is 32.1. The number of halogens is 16. The first kappa shape index (κ1) is 46.5. The van der Waals surface area contributed by atoms with Gasteiger partial charge in [-0.05, 0) is 67.6 Å². The lowest BCUT2D eigenvalue weighted by Crippen LogP contribution is -2.46. The van der Waals surface area contributed by atoms with Crippen molar-refractivity contribution in [2.24, 2.45) is 5.41 Å². The Bertz CT molecular complexity index is 3070. The minimum Gasteiger partial charge on any atom is -0.238 e. The summed E-state index contributed by atoms with van der Waals surface area (Å²) in [4.78, 5) is 3.77. The van der Waals surface area contributed by atoms with Crippen LogP contribution in [-0.4, -0.2) is 12.3 Å². The Hall–Kier alpha value is -5.46. The van der Waals surface area contributed by atoms with Gasteiger partial charge in [-0.3, -0.25) is 0 Å². The van der Waals surface area contributed by atoms with E-state index in [4.69, 9.17) is 0 Å². The van der Waals surface area contributed by atoms with E-state index in [1.165, 1.54) is 46.1 Å². The van der Waals surface area contributed by atoms with Gasteiger partial charge >= 0.3 is 12.4 Å². The zero-order valence-corrected chi connectivity index (χ0v) is 34.9. The smallest absolute Gasteiger partial charge is 0.238 e. The molecule has 0 spiro atoms. The van der Waals surface area contributed by atoms with E-state index in [1.54, 1.807) is 36.4 Å². The molecule has 7 rings (SSSR count). The van der Waals surface area contributed by atoms with Crippen LogP contribution in [0.5, 0.6) is 0 Å². The highest BCUT2D eigenvalue weighted by Gasteiger charge is 2.65. The molecule has 0 fully saturated rings. The summed E-state index contributed by atoms with van der Waals surface area (Å²) in [6, 6.07) is 17.3. The van der Waals surface area contributed by atoms with E-state index in [0.29, 0.717) is 51.9 Å². The molecule has 23 heteroatoms. The van der Waals surface area contributed by atoms with Gasteiger partial charge in [0.2, 0.25) is 0 Å². The number of benzene rings is 1. The molecule has 0 saturated carbocycles. The second-order valence-corrected chi connectivity index (χ2v) is 18.8. The standard InChI is InChI=1S/C41H14F16N2S5/c1-39(41(55,56)57)37(50)33(46)27(34(47)38(39)51)15(13-59)30(43)25-11-9-23(64-25)21-7-5-19(62-21)17-3-2-16(60-17)18-4-6-20(61-18)22-8-10-24(63-22)29(42)14(12-58)26-31(44)35(48)28(40(52,53)54)36(49)32(26)45/h2-11,37H,1H3/b29-14-,30-15-. The van der Waals surface area contributed by atoms with Gasteiger partial charge in [-0.15, -0.1) is 56.7 Å². The summed E-state index contributed by atoms with van der Waals surface area (Å²) in [6.07, 6.45) is -15.5. The van der Waals surface area contributed by atoms with E-state index < -0.39 is 114 Å². The Balaban J connectivity index is 1.11. The van der Waals surface area contributed by atoms with Crippen molar-refractivity contribution in [3.05, 3.63) is 133 Å². The lowest BCUT2D eigenvalue weighted by molar-refractivity contribution is -0.227. The molecule has 330 valence electrons. The number of hydrogen-bond acceptors (Lipinski definition) is 7. The zero-order chi connectivity index (χ0) is 47.0. The maximum Gasteiger partial charge on any atom is 0.422 e. The minimum absolute atomic E-state index is 0.108. The lowest BCUT2D eigenvalue weighted by atomic mass is 9.76. The molecule has 0 bridgehead atoms. The number of thiophene rings is 5. The van der Waals surface area contributed by atoms with Gasteiger partial charge in [-0.2, -0.15) is 36.9 Å². The summed E-state index contributed by atoms with van der Waals surface area (Å²) < 4.78 is 228. The predicted octanol–water partition coefficient (Wildman–Crippen LogP) is 17.1. The molecule has 5 heterocycles. The van der Waals surface area contributed by atoms with Crippen molar-refractivity contribution in [3.8, 4) is 51.2 Å². The molecule has 0 radical (unpaired) electrons. The van der Waals surface area contributed by atoms with E-state index in [-0.39, 0.29) is 6.92 Å². The van der Waals surface area contributed by atoms with Crippen LogP contribution in [0.25, 0.3) is 56.2 Å². The molecule has 0 N–H and O–H groups in total. The van der Waals surface area contributed by atoms with Crippen molar-refractivity contribution in [1.29, 1.82) is 10.5 Å². The summed E-state index contributed by atoms with van der Waals surface area (Å²) >= 11 is 5.07. The van der Waals surface area contributed by atoms with Gasteiger partial charge in [0.25, 0.3) is 0 Å². The van der Waals surface area contributed by atoms with Crippen LogP contribution in [-0.2, 0) is 6.18 Å².